The first-order chi connectivity index (χ1) is 13.5. The first kappa shape index (κ1) is 20.1. The van der Waals surface area contributed by atoms with E-state index in [-0.39, 0.29) is 18.1 Å². The third kappa shape index (κ3) is 4.78. The lowest BCUT2D eigenvalue weighted by Gasteiger charge is -2.34. The predicted octanol–water partition coefficient (Wildman–Crippen LogP) is 1.95. The molecule has 0 bridgehead atoms. The summed E-state index contributed by atoms with van der Waals surface area (Å²) in [6, 6.07) is 5.38. The van der Waals surface area contributed by atoms with Gasteiger partial charge in [0.1, 0.15) is 6.10 Å². The van der Waals surface area contributed by atoms with Crippen molar-refractivity contribution in [2.24, 2.45) is 0 Å². The fourth-order valence-electron chi connectivity index (χ4n) is 3.30. The van der Waals surface area contributed by atoms with Crippen molar-refractivity contribution in [3.8, 4) is 11.5 Å². The highest BCUT2D eigenvalue weighted by molar-refractivity contribution is 5.95. The Morgan fingerprint density at radius 3 is 2.61 bits per heavy atom. The lowest BCUT2D eigenvalue weighted by Crippen LogP contribution is -2.41. The van der Waals surface area contributed by atoms with Gasteiger partial charge in [0.25, 0.3) is 5.91 Å². The van der Waals surface area contributed by atoms with Crippen molar-refractivity contribution in [3.05, 3.63) is 29.6 Å². The molecule has 152 valence electrons. The molecule has 1 aromatic heterocycles. The number of nitrogens with zero attached hydrogens (tertiary/aromatic N) is 4. The fraction of sp³-hybridized carbons (Fsp3) is 0.579. The van der Waals surface area contributed by atoms with Gasteiger partial charge in [0.05, 0.1) is 13.2 Å². The Labute approximate surface area is 164 Å². The van der Waals surface area contributed by atoms with E-state index in [9.17, 15) is 4.79 Å². The van der Waals surface area contributed by atoms with Gasteiger partial charge in [0, 0.05) is 24.7 Å². The summed E-state index contributed by atoms with van der Waals surface area (Å²) in [5, 5.41) is 16.5. The molecule has 1 fully saturated rings. The van der Waals surface area contributed by atoms with E-state index in [2.05, 4.69) is 44.7 Å². The molecule has 1 amide bonds. The summed E-state index contributed by atoms with van der Waals surface area (Å²) in [5.41, 5.74) is 0.491. The van der Waals surface area contributed by atoms with Crippen molar-refractivity contribution in [2.45, 2.75) is 51.8 Å². The molecule has 0 spiro atoms. The number of piperidine rings is 1. The highest BCUT2D eigenvalue weighted by Gasteiger charge is 2.24. The third-order valence-corrected chi connectivity index (χ3v) is 5.02. The maximum Gasteiger partial charge on any atom is 0.252 e. The van der Waals surface area contributed by atoms with E-state index >= 15 is 0 Å². The van der Waals surface area contributed by atoms with Crippen LogP contribution in [0.4, 0.5) is 0 Å². The fourth-order valence-corrected chi connectivity index (χ4v) is 3.30. The van der Waals surface area contributed by atoms with Gasteiger partial charge in [-0.2, -0.15) is 5.21 Å². The number of ether oxygens (including phenoxy) is 2. The minimum Gasteiger partial charge on any atom is -0.493 e. The van der Waals surface area contributed by atoms with Gasteiger partial charge in [0.15, 0.2) is 17.3 Å². The second kappa shape index (κ2) is 9.01. The SMILES string of the molecule is COc1ccc(C(=O)NC(C)c2nn[nH]n2)cc1OC1CCN(C(C)C)CC1. The Morgan fingerprint density at radius 1 is 1.25 bits per heavy atom. The average Bonchev–Trinajstić information content (AvgIpc) is 3.23. The summed E-state index contributed by atoms with van der Waals surface area (Å²) in [5.74, 6) is 1.40. The van der Waals surface area contributed by atoms with Crippen LogP contribution in [0.15, 0.2) is 18.2 Å². The molecule has 1 aliphatic heterocycles. The molecule has 28 heavy (non-hydrogen) atoms. The molecular formula is C19H28N6O3. The van der Waals surface area contributed by atoms with Crippen LogP contribution >= 0.6 is 0 Å². The Balaban J connectivity index is 1.67. The van der Waals surface area contributed by atoms with Crippen LogP contribution in [0.5, 0.6) is 11.5 Å². The Hall–Kier alpha value is -2.68. The van der Waals surface area contributed by atoms with Gasteiger partial charge in [-0.15, -0.1) is 10.2 Å². The number of rotatable bonds is 7. The molecule has 1 aliphatic rings. The lowest BCUT2D eigenvalue weighted by molar-refractivity contribution is 0.0818. The molecule has 0 saturated carbocycles. The summed E-state index contributed by atoms with van der Waals surface area (Å²) >= 11 is 0. The van der Waals surface area contributed by atoms with Gasteiger partial charge in [-0.3, -0.25) is 4.79 Å². The monoisotopic (exact) mass is 388 g/mol. The summed E-state index contributed by atoms with van der Waals surface area (Å²) in [6.45, 7) is 8.23. The molecule has 1 aromatic carbocycles. The van der Waals surface area contributed by atoms with Crippen molar-refractivity contribution >= 4 is 5.91 Å². The topological polar surface area (TPSA) is 105 Å². The minimum absolute atomic E-state index is 0.112. The van der Waals surface area contributed by atoms with Crippen molar-refractivity contribution in [1.82, 2.24) is 30.8 Å². The molecule has 1 atom stereocenters. The number of carbonyl (C=O) groups excluding carboxylic acids is 1. The normalized spacial score (nSPS) is 16.8. The van der Waals surface area contributed by atoms with E-state index in [4.69, 9.17) is 9.47 Å². The molecule has 0 aliphatic carbocycles. The van der Waals surface area contributed by atoms with Crippen molar-refractivity contribution in [3.63, 3.8) is 0 Å². The zero-order valence-corrected chi connectivity index (χ0v) is 16.8. The molecule has 9 nitrogen and oxygen atoms in total. The number of aromatic nitrogens is 4. The number of aromatic amines is 1. The third-order valence-electron chi connectivity index (χ3n) is 5.02. The van der Waals surface area contributed by atoms with Crippen LogP contribution < -0.4 is 14.8 Å². The summed E-state index contributed by atoms with van der Waals surface area (Å²) in [7, 11) is 1.60. The molecule has 1 unspecified atom stereocenters. The Kier molecular flexibility index (Phi) is 6.45. The van der Waals surface area contributed by atoms with E-state index < -0.39 is 0 Å². The van der Waals surface area contributed by atoms with Crippen molar-refractivity contribution in [2.75, 3.05) is 20.2 Å². The first-order valence-corrected chi connectivity index (χ1v) is 9.61. The molecule has 2 aromatic rings. The number of carbonyl (C=O) groups is 1. The van der Waals surface area contributed by atoms with Crippen LogP contribution in [0, 0.1) is 0 Å². The van der Waals surface area contributed by atoms with Gasteiger partial charge >= 0.3 is 0 Å². The smallest absolute Gasteiger partial charge is 0.252 e. The largest absolute Gasteiger partial charge is 0.493 e. The molecule has 3 rings (SSSR count). The molecule has 2 heterocycles. The van der Waals surface area contributed by atoms with Crippen molar-refractivity contribution < 1.29 is 14.3 Å². The molecular weight excluding hydrogens is 360 g/mol. The lowest BCUT2D eigenvalue weighted by atomic mass is 10.1. The number of H-pyrrole nitrogens is 1. The highest BCUT2D eigenvalue weighted by Crippen LogP contribution is 2.31. The average molecular weight is 388 g/mol. The number of tetrazole rings is 1. The van der Waals surface area contributed by atoms with E-state index in [0.717, 1.165) is 25.9 Å². The van der Waals surface area contributed by atoms with Crippen LogP contribution in [0.1, 0.15) is 55.8 Å². The summed E-state index contributed by atoms with van der Waals surface area (Å²) < 4.78 is 11.6. The quantitative estimate of drug-likeness (QED) is 0.747. The number of amides is 1. The number of likely N-dealkylation sites (tertiary alicyclic amines) is 1. The van der Waals surface area contributed by atoms with E-state index in [1.165, 1.54) is 0 Å². The summed E-state index contributed by atoms with van der Waals surface area (Å²) in [6.07, 6.45) is 2.01. The van der Waals surface area contributed by atoms with E-state index in [1.54, 1.807) is 32.2 Å². The summed E-state index contributed by atoms with van der Waals surface area (Å²) in [4.78, 5) is 15.1. The first-order valence-electron chi connectivity index (χ1n) is 9.61. The standard InChI is InChI=1S/C19H28N6O3/c1-12(2)25-9-7-15(8-10-25)28-17-11-14(5-6-16(17)27-4)19(26)20-13(3)18-21-23-24-22-18/h5-6,11-13,15H,7-10H2,1-4H3,(H,20,26)(H,21,22,23,24). The van der Waals surface area contributed by atoms with Gasteiger partial charge < -0.3 is 19.7 Å². The highest BCUT2D eigenvalue weighted by atomic mass is 16.5. The van der Waals surface area contributed by atoms with E-state index in [0.29, 0.717) is 28.9 Å². The van der Waals surface area contributed by atoms with Gasteiger partial charge in [-0.1, -0.05) is 5.21 Å². The van der Waals surface area contributed by atoms with Crippen LogP contribution in [-0.2, 0) is 0 Å². The van der Waals surface area contributed by atoms with Crippen LogP contribution in [-0.4, -0.2) is 63.8 Å². The Morgan fingerprint density at radius 2 is 2.00 bits per heavy atom. The number of methoxy groups -OCH3 is 1. The number of hydrogen-bond donors (Lipinski definition) is 2. The van der Waals surface area contributed by atoms with Crippen LogP contribution in [0.2, 0.25) is 0 Å². The van der Waals surface area contributed by atoms with Gasteiger partial charge in [0.2, 0.25) is 0 Å². The maximum absolute atomic E-state index is 12.6. The van der Waals surface area contributed by atoms with Crippen LogP contribution in [0.25, 0.3) is 0 Å². The maximum atomic E-state index is 12.6. The molecule has 9 heteroatoms. The number of nitrogens with one attached hydrogen (secondary N) is 2. The Bertz CT molecular complexity index is 772. The molecule has 0 radical (unpaired) electrons. The van der Waals surface area contributed by atoms with E-state index in [1.807, 2.05) is 0 Å². The molecule has 2 N–H and O–H groups in total. The van der Waals surface area contributed by atoms with Gasteiger partial charge in [-0.05, 0) is 51.8 Å². The molecule has 1 saturated heterocycles. The zero-order valence-electron chi connectivity index (χ0n) is 16.8. The van der Waals surface area contributed by atoms with Crippen molar-refractivity contribution in [1.29, 1.82) is 0 Å². The van der Waals surface area contributed by atoms with Crippen LogP contribution in [0.3, 0.4) is 0 Å². The zero-order chi connectivity index (χ0) is 20.1. The predicted molar refractivity (Wildman–Crippen MR) is 103 cm³/mol. The second-order valence-corrected chi connectivity index (χ2v) is 7.28. The minimum atomic E-state index is -0.363. The number of benzene rings is 1. The number of hydrogen-bond acceptors (Lipinski definition) is 7. The van der Waals surface area contributed by atoms with Gasteiger partial charge in [-0.25, -0.2) is 0 Å². The second-order valence-electron chi connectivity index (χ2n) is 7.28.